The maximum atomic E-state index is 11.5. The molecule has 7 heteroatoms. The lowest BCUT2D eigenvalue weighted by atomic mass is 10.0. The fourth-order valence-electron chi connectivity index (χ4n) is 2.20. The summed E-state index contributed by atoms with van der Waals surface area (Å²) in [6.45, 7) is 1.79. The lowest BCUT2D eigenvalue weighted by molar-refractivity contribution is -0.115. The lowest BCUT2D eigenvalue weighted by Crippen LogP contribution is -2.17. The van der Waals surface area contributed by atoms with Crippen LogP contribution in [0.5, 0.6) is 0 Å². The summed E-state index contributed by atoms with van der Waals surface area (Å²) < 4.78 is 5.67. The highest BCUT2D eigenvalue weighted by Crippen LogP contribution is 2.30. The van der Waals surface area contributed by atoms with Gasteiger partial charge in [0.05, 0.1) is 10.5 Å². The second kappa shape index (κ2) is 5.77. The van der Waals surface area contributed by atoms with Crippen molar-refractivity contribution in [1.29, 1.82) is 0 Å². The number of aromatic carboxylic acids is 1. The van der Waals surface area contributed by atoms with Crippen molar-refractivity contribution in [3.05, 3.63) is 52.1 Å². The molecule has 2 N–H and O–H groups in total. The van der Waals surface area contributed by atoms with Gasteiger partial charge in [-0.05, 0) is 48.5 Å². The number of furan rings is 1. The number of imide groups is 1. The molecule has 3 rings (SSSR count). The van der Waals surface area contributed by atoms with Gasteiger partial charge in [0.25, 0.3) is 11.1 Å². The van der Waals surface area contributed by atoms with Crippen molar-refractivity contribution in [2.45, 2.75) is 6.92 Å². The molecule has 6 nitrogen and oxygen atoms in total. The van der Waals surface area contributed by atoms with Crippen LogP contribution >= 0.6 is 11.8 Å². The number of benzene rings is 1. The van der Waals surface area contributed by atoms with Gasteiger partial charge in [0, 0.05) is 11.6 Å². The highest BCUT2D eigenvalue weighted by molar-refractivity contribution is 8.18. The van der Waals surface area contributed by atoms with E-state index in [2.05, 4.69) is 5.32 Å². The predicted octanol–water partition coefficient (Wildman–Crippen LogP) is 3.28. The molecule has 1 aliphatic heterocycles. The Morgan fingerprint density at radius 3 is 2.65 bits per heavy atom. The van der Waals surface area contributed by atoms with Crippen molar-refractivity contribution in [2.24, 2.45) is 0 Å². The molecule has 0 aliphatic carbocycles. The number of carbonyl (C=O) groups is 3. The quantitative estimate of drug-likeness (QED) is 0.839. The first-order valence-corrected chi connectivity index (χ1v) is 7.45. The molecule has 2 aromatic rings. The number of hydrogen-bond donors (Lipinski definition) is 2. The summed E-state index contributed by atoms with van der Waals surface area (Å²) in [5.74, 6) is -0.437. The number of carboxylic acids is 1. The summed E-state index contributed by atoms with van der Waals surface area (Å²) in [5.41, 5.74) is 1.73. The minimum absolute atomic E-state index is 0.206. The first kappa shape index (κ1) is 15.1. The molecule has 0 radical (unpaired) electrons. The maximum absolute atomic E-state index is 11.5. The van der Waals surface area contributed by atoms with Gasteiger partial charge in [-0.25, -0.2) is 4.79 Å². The molecule has 116 valence electrons. The smallest absolute Gasteiger partial charge is 0.335 e. The average Bonchev–Trinajstić information content (AvgIpc) is 3.06. The number of amides is 2. The topological polar surface area (TPSA) is 96.6 Å². The number of hydrogen-bond acceptors (Lipinski definition) is 5. The van der Waals surface area contributed by atoms with Crippen LogP contribution in [-0.4, -0.2) is 22.2 Å². The Kier molecular flexibility index (Phi) is 3.79. The van der Waals surface area contributed by atoms with Gasteiger partial charge < -0.3 is 9.52 Å². The molecule has 1 aliphatic rings. The molecular weight excluding hydrogens is 318 g/mol. The van der Waals surface area contributed by atoms with E-state index >= 15 is 0 Å². The highest BCUT2D eigenvalue weighted by atomic mass is 32.2. The molecule has 1 aromatic heterocycles. The molecule has 1 aromatic carbocycles. The molecule has 2 amide bonds. The second-order valence-corrected chi connectivity index (χ2v) is 5.90. The Labute approximate surface area is 135 Å². The highest BCUT2D eigenvalue weighted by Gasteiger charge is 2.25. The molecule has 1 fully saturated rings. The van der Waals surface area contributed by atoms with E-state index in [-0.39, 0.29) is 10.5 Å². The summed E-state index contributed by atoms with van der Waals surface area (Å²) in [6.07, 6.45) is 1.50. The third kappa shape index (κ3) is 3.04. The largest absolute Gasteiger partial charge is 0.478 e. The van der Waals surface area contributed by atoms with Gasteiger partial charge in [-0.15, -0.1) is 0 Å². The minimum atomic E-state index is -0.988. The van der Waals surface area contributed by atoms with Gasteiger partial charge in [-0.2, -0.15) is 0 Å². The average molecular weight is 329 g/mol. The Balaban J connectivity index is 1.91. The summed E-state index contributed by atoms with van der Waals surface area (Å²) in [7, 11) is 0. The number of thioether (sulfide) groups is 1. The summed E-state index contributed by atoms with van der Waals surface area (Å²) in [5, 5.41) is 10.7. The predicted molar refractivity (Wildman–Crippen MR) is 84.9 cm³/mol. The van der Waals surface area contributed by atoms with Crippen molar-refractivity contribution in [1.82, 2.24) is 5.32 Å². The summed E-state index contributed by atoms with van der Waals surface area (Å²) >= 11 is 0.818. The molecular formula is C16H11NO5S. The fraction of sp³-hybridized carbons (Fsp3) is 0.0625. The van der Waals surface area contributed by atoms with Crippen molar-refractivity contribution < 1.29 is 23.9 Å². The molecule has 1 saturated heterocycles. The van der Waals surface area contributed by atoms with Crippen molar-refractivity contribution >= 4 is 35.0 Å². The first-order valence-electron chi connectivity index (χ1n) is 6.63. The summed E-state index contributed by atoms with van der Waals surface area (Å²) in [6, 6.07) is 8.16. The van der Waals surface area contributed by atoms with Crippen LogP contribution in [0.25, 0.3) is 17.4 Å². The molecule has 0 bridgehead atoms. The maximum Gasteiger partial charge on any atom is 0.335 e. The van der Waals surface area contributed by atoms with Crippen LogP contribution < -0.4 is 5.32 Å². The van der Waals surface area contributed by atoms with E-state index in [1.54, 1.807) is 31.2 Å². The van der Waals surface area contributed by atoms with Crippen LogP contribution in [0.15, 0.2) is 39.7 Å². The number of rotatable bonds is 3. The van der Waals surface area contributed by atoms with Crippen molar-refractivity contribution in [2.75, 3.05) is 0 Å². The number of carbonyl (C=O) groups excluding carboxylic acids is 2. The van der Waals surface area contributed by atoms with Crippen LogP contribution in [-0.2, 0) is 4.79 Å². The first-order chi connectivity index (χ1) is 10.9. The van der Waals surface area contributed by atoms with Gasteiger partial charge >= 0.3 is 5.97 Å². The fourth-order valence-corrected chi connectivity index (χ4v) is 2.86. The third-order valence-electron chi connectivity index (χ3n) is 3.28. The Morgan fingerprint density at radius 1 is 1.26 bits per heavy atom. The van der Waals surface area contributed by atoms with Gasteiger partial charge in [0.1, 0.15) is 11.5 Å². The Bertz CT molecular complexity index is 865. The van der Waals surface area contributed by atoms with E-state index in [9.17, 15) is 14.4 Å². The van der Waals surface area contributed by atoms with Crippen LogP contribution in [0.2, 0.25) is 0 Å². The molecule has 0 atom stereocenters. The Morgan fingerprint density at radius 2 is 2.04 bits per heavy atom. The monoisotopic (exact) mass is 329 g/mol. The van der Waals surface area contributed by atoms with Crippen LogP contribution in [0.4, 0.5) is 4.79 Å². The van der Waals surface area contributed by atoms with Crippen molar-refractivity contribution in [3.8, 4) is 11.3 Å². The van der Waals surface area contributed by atoms with E-state index in [1.165, 1.54) is 12.1 Å². The van der Waals surface area contributed by atoms with E-state index in [0.29, 0.717) is 11.5 Å². The zero-order valence-electron chi connectivity index (χ0n) is 12.0. The number of aryl methyl sites for hydroxylation is 1. The lowest BCUT2D eigenvalue weighted by Gasteiger charge is -2.03. The van der Waals surface area contributed by atoms with E-state index in [0.717, 1.165) is 22.9 Å². The molecule has 23 heavy (non-hydrogen) atoms. The molecule has 0 unspecified atom stereocenters. The van der Waals surface area contributed by atoms with E-state index in [1.807, 2.05) is 0 Å². The van der Waals surface area contributed by atoms with Gasteiger partial charge in [-0.3, -0.25) is 14.9 Å². The zero-order chi connectivity index (χ0) is 16.6. The minimum Gasteiger partial charge on any atom is -0.478 e. The van der Waals surface area contributed by atoms with Gasteiger partial charge in [-0.1, -0.05) is 6.07 Å². The molecule has 0 saturated carbocycles. The van der Waals surface area contributed by atoms with Crippen molar-refractivity contribution in [3.63, 3.8) is 0 Å². The van der Waals surface area contributed by atoms with Gasteiger partial charge in [0.2, 0.25) is 0 Å². The zero-order valence-corrected chi connectivity index (χ0v) is 12.8. The van der Waals surface area contributed by atoms with Crippen LogP contribution in [0, 0.1) is 6.92 Å². The van der Waals surface area contributed by atoms with E-state index in [4.69, 9.17) is 9.52 Å². The van der Waals surface area contributed by atoms with E-state index < -0.39 is 17.1 Å². The van der Waals surface area contributed by atoms with Gasteiger partial charge in [0.15, 0.2) is 0 Å². The number of nitrogens with one attached hydrogen (secondary N) is 1. The van der Waals surface area contributed by atoms with Crippen LogP contribution in [0.1, 0.15) is 21.7 Å². The van der Waals surface area contributed by atoms with Crippen LogP contribution in [0.3, 0.4) is 0 Å². The Hall–Kier alpha value is -2.80. The molecule has 2 heterocycles. The number of carboxylic acid groups (broad SMARTS) is 1. The third-order valence-corrected chi connectivity index (χ3v) is 4.09. The normalized spacial score (nSPS) is 16.0. The second-order valence-electron chi connectivity index (χ2n) is 4.89. The standard InChI is InChI=1S/C16H11NO5S/c1-8-6-9(15(19)20)2-4-11(8)12-5-3-10(22-12)7-13-14(18)17-16(21)23-13/h2-7H,1H3,(H,19,20)(H,17,18,21). The SMILES string of the molecule is Cc1cc(C(=O)O)ccc1-c1ccc(C=C2SC(=O)NC2=O)o1. The summed E-state index contributed by atoms with van der Waals surface area (Å²) in [4.78, 5) is 33.9. The molecule has 0 spiro atoms.